The maximum Gasteiger partial charge on any atom is 0.267 e. The zero-order chi connectivity index (χ0) is 28.2. The average molecular weight is 548 g/mol. The summed E-state index contributed by atoms with van der Waals surface area (Å²) in [4.78, 5) is 37.0. The van der Waals surface area contributed by atoms with Crippen molar-refractivity contribution < 1.29 is 13.9 Å². The minimum atomic E-state index is -0.565. The molecule has 8 nitrogen and oxygen atoms in total. The monoisotopic (exact) mass is 547 g/mol. The molecule has 1 saturated heterocycles. The van der Waals surface area contributed by atoms with Crippen LogP contribution < -0.4 is 16.2 Å². The highest BCUT2D eigenvalue weighted by Crippen LogP contribution is 2.46. The van der Waals surface area contributed by atoms with E-state index < -0.39 is 11.7 Å². The van der Waals surface area contributed by atoms with Crippen molar-refractivity contribution >= 4 is 22.5 Å². The van der Waals surface area contributed by atoms with Gasteiger partial charge in [-0.3, -0.25) is 19.1 Å². The number of halogens is 1. The number of nitrogens with two attached hydrogens (primary N) is 1. The zero-order valence-corrected chi connectivity index (χ0v) is 22.4. The van der Waals surface area contributed by atoms with Gasteiger partial charge in [0.15, 0.2) is 0 Å². The summed E-state index contributed by atoms with van der Waals surface area (Å²) in [6.07, 6.45) is 3.67. The summed E-state index contributed by atoms with van der Waals surface area (Å²) in [6.45, 7) is 4.99. The predicted octanol–water partition coefficient (Wildman–Crippen LogP) is 4.40. The van der Waals surface area contributed by atoms with Gasteiger partial charge >= 0.3 is 0 Å². The Morgan fingerprint density at radius 2 is 1.83 bits per heavy atom. The topological polar surface area (TPSA) is 103 Å². The molecule has 0 bridgehead atoms. The lowest BCUT2D eigenvalue weighted by atomic mass is 9.91. The quantitative estimate of drug-likeness (QED) is 0.351. The molecule has 1 aliphatic heterocycles. The van der Waals surface area contributed by atoms with Gasteiger partial charge in [0, 0.05) is 43.0 Å². The molecule has 2 N–H and O–H groups in total. The van der Waals surface area contributed by atoms with Crippen LogP contribution in [0.15, 0.2) is 71.9 Å². The number of carbonyl (C=O) groups is 1. The molecule has 0 saturated carbocycles. The lowest BCUT2D eigenvalue weighted by Crippen LogP contribution is -2.36. The second kappa shape index (κ2) is 9.64. The Hall–Kier alpha value is -4.89. The maximum absolute atomic E-state index is 13.7. The SMILES string of the molecule is Cc1c(-c2cnc(C(N)=O)c3c2-c2ccc(N4CCOCC4)cc2C3)cccc1-n1cnc2cc(F)ccc2c1=O. The summed E-state index contributed by atoms with van der Waals surface area (Å²) in [5.41, 5.74) is 14.3. The molecule has 204 valence electrons. The number of anilines is 1. The van der Waals surface area contributed by atoms with E-state index in [1.54, 1.807) is 6.20 Å². The van der Waals surface area contributed by atoms with Crippen molar-refractivity contribution in [3.8, 4) is 27.9 Å². The number of aromatic nitrogens is 3. The molecular formula is C32H26FN5O3. The second-order valence-electron chi connectivity index (χ2n) is 10.4. The fourth-order valence-corrected chi connectivity index (χ4v) is 6.07. The van der Waals surface area contributed by atoms with Crippen molar-refractivity contribution in [2.75, 3.05) is 31.2 Å². The Morgan fingerprint density at radius 3 is 2.63 bits per heavy atom. The number of benzene rings is 3. The van der Waals surface area contributed by atoms with Crippen molar-refractivity contribution in [1.29, 1.82) is 0 Å². The number of amides is 1. The van der Waals surface area contributed by atoms with Gasteiger partial charge in [0.2, 0.25) is 0 Å². The number of primary amides is 1. The molecule has 5 aromatic rings. The standard InChI is InChI=1S/C32H26FN5O3/c1-18-22(3-2-4-28(18)38-17-36-27-15-20(33)5-7-24(27)32(38)40)26-16-35-30(31(34)39)25-14-19-13-21(6-8-23(19)29(25)26)37-9-11-41-12-10-37/h2-8,13,15-17H,9-12,14H2,1H3,(H2,34,39). The molecule has 0 spiro atoms. The molecule has 3 aromatic carbocycles. The van der Waals surface area contributed by atoms with E-state index in [0.29, 0.717) is 36.2 Å². The minimum absolute atomic E-state index is 0.267. The van der Waals surface area contributed by atoms with Gasteiger partial charge in [-0.25, -0.2) is 9.37 Å². The third kappa shape index (κ3) is 4.08. The highest BCUT2D eigenvalue weighted by molar-refractivity contribution is 6.00. The van der Waals surface area contributed by atoms with Crippen LogP contribution in [-0.2, 0) is 11.2 Å². The third-order valence-electron chi connectivity index (χ3n) is 8.09. The second-order valence-corrected chi connectivity index (χ2v) is 10.4. The van der Waals surface area contributed by atoms with Crippen molar-refractivity contribution in [2.24, 2.45) is 5.73 Å². The van der Waals surface area contributed by atoms with E-state index in [2.05, 4.69) is 33.1 Å². The number of ether oxygens (including phenoxy) is 1. The molecular weight excluding hydrogens is 521 g/mol. The number of nitrogens with zero attached hydrogens (tertiary/aromatic N) is 4. The molecule has 1 aliphatic carbocycles. The van der Waals surface area contributed by atoms with Crippen LogP contribution in [0.25, 0.3) is 38.8 Å². The first kappa shape index (κ1) is 25.1. The van der Waals surface area contributed by atoms with Crippen molar-refractivity contribution in [1.82, 2.24) is 14.5 Å². The molecule has 9 heteroatoms. The molecule has 2 aromatic heterocycles. The predicted molar refractivity (Wildman–Crippen MR) is 155 cm³/mol. The van der Waals surface area contributed by atoms with Gasteiger partial charge in [-0.05, 0) is 70.6 Å². The number of carbonyl (C=O) groups excluding carboxylic acids is 1. The Kier molecular flexibility index (Phi) is 5.90. The van der Waals surface area contributed by atoms with Gasteiger partial charge in [-0.15, -0.1) is 0 Å². The largest absolute Gasteiger partial charge is 0.378 e. The summed E-state index contributed by atoms with van der Waals surface area (Å²) >= 11 is 0. The molecule has 3 heterocycles. The van der Waals surface area contributed by atoms with Gasteiger partial charge in [0.25, 0.3) is 11.5 Å². The van der Waals surface area contributed by atoms with Crippen molar-refractivity contribution in [3.63, 3.8) is 0 Å². The first-order valence-corrected chi connectivity index (χ1v) is 13.5. The van der Waals surface area contributed by atoms with Gasteiger partial charge in [-0.1, -0.05) is 18.2 Å². The van der Waals surface area contributed by atoms with E-state index in [4.69, 9.17) is 10.5 Å². The molecule has 2 aliphatic rings. The number of fused-ring (bicyclic) bond motifs is 4. The molecule has 1 amide bonds. The summed E-state index contributed by atoms with van der Waals surface area (Å²) in [5, 5.41) is 0.331. The first-order valence-electron chi connectivity index (χ1n) is 13.5. The van der Waals surface area contributed by atoms with Crippen LogP contribution in [0.4, 0.5) is 10.1 Å². The first-order chi connectivity index (χ1) is 19.9. The lowest BCUT2D eigenvalue weighted by molar-refractivity contribution is 0.0995. The van der Waals surface area contributed by atoms with Crippen molar-refractivity contribution in [2.45, 2.75) is 13.3 Å². The molecule has 1 fully saturated rings. The normalized spacial score (nSPS) is 14.2. The van der Waals surface area contributed by atoms with Crippen LogP contribution in [0.3, 0.4) is 0 Å². The van der Waals surface area contributed by atoms with Gasteiger partial charge < -0.3 is 15.4 Å². The fraction of sp³-hybridized carbons (Fsp3) is 0.188. The fourth-order valence-electron chi connectivity index (χ4n) is 6.07. The van der Waals surface area contributed by atoms with Crippen LogP contribution in [0.2, 0.25) is 0 Å². The van der Waals surface area contributed by atoms with E-state index >= 15 is 0 Å². The van der Waals surface area contributed by atoms with E-state index in [9.17, 15) is 14.0 Å². The smallest absolute Gasteiger partial charge is 0.267 e. The van der Waals surface area contributed by atoms with E-state index in [1.165, 1.54) is 29.1 Å². The number of hydrogen-bond donors (Lipinski definition) is 1. The summed E-state index contributed by atoms with van der Waals surface area (Å²) in [6, 6.07) is 16.1. The van der Waals surface area contributed by atoms with Gasteiger partial charge in [-0.2, -0.15) is 0 Å². The maximum atomic E-state index is 13.7. The molecule has 0 radical (unpaired) electrons. The van der Waals surface area contributed by atoms with Gasteiger partial charge in [0.1, 0.15) is 17.8 Å². The van der Waals surface area contributed by atoms with Crippen molar-refractivity contribution in [3.05, 3.63) is 106 Å². The van der Waals surface area contributed by atoms with E-state index in [1.807, 2.05) is 25.1 Å². The van der Waals surface area contributed by atoms with E-state index in [-0.39, 0.29) is 11.3 Å². The zero-order valence-electron chi connectivity index (χ0n) is 22.4. The van der Waals surface area contributed by atoms with Gasteiger partial charge in [0.05, 0.1) is 29.8 Å². The van der Waals surface area contributed by atoms with Crippen LogP contribution >= 0.6 is 0 Å². The van der Waals surface area contributed by atoms with Crippen LogP contribution in [-0.4, -0.2) is 46.7 Å². The third-order valence-corrected chi connectivity index (χ3v) is 8.09. The highest BCUT2D eigenvalue weighted by atomic mass is 19.1. The summed E-state index contributed by atoms with van der Waals surface area (Å²) in [7, 11) is 0. The Morgan fingerprint density at radius 1 is 1.00 bits per heavy atom. The Balaban J connectivity index is 1.38. The Labute approximate surface area is 234 Å². The Bertz CT molecular complexity index is 1950. The number of hydrogen-bond acceptors (Lipinski definition) is 6. The molecule has 0 atom stereocenters. The molecule has 41 heavy (non-hydrogen) atoms. The molecule has 7 rings (SSSR count). The lowest BCUT2D eigenvalue weighted by Gasteiger charge is -2.29. The van der Waals surface area contributed by atoms with Crippen LogP contribution in [0.5, 0.6) is 0 Å². The summed E-state index contributed by atoms with van der Waals surface area (Å²) in [5.74, 6) is -1.01. The van der Waals surface area contributed by atoms with E-state index in [0.717, 1.165) is 57.7 Å². The summed E-state index contributed by atoms with van der Waals surface area (Å²) < 4.78 is 20.7. The highest BCUT2D eigenvalue weighted by Gasteiger charge is 2.29. The minimum Gasteiger partial charge on any atom is -0.378 e. The molecule has 0 unspecified atom stereocenters. The average Bonchev–Trinajstić information content (AvgIpc) is 3.36. The number of rotatable bonds is 4. The van der Waals surface area contributed by atoms with Crippen LogP contribution in [0.1, 0.15) is 27.2 Å². The number of morpholine rings is 1. The van der Waals surface area contributed by atoms with Crippen LogP contribution in [0, 0.1) is 12.7 Å². The number of pyridine rings is 1.